The lowest BCUT2D eigenvalue weighted by Gasteiger charge is -2.31. The number of benzene rings is 2. The summed E-state index contributed by atoms with van der Waals surface area (Å²) in [6.45, 7) is 9.77. The van der Waals surface area contributed by atoms with Crippen LogP contribution in [0.1, 0.15) is 37.0 Å². The number of para-hydroxylation sites is 1. The molecule has 0 spiro atoms. The lowest BCUT2D eigenvalue weighted by molar-refractivity contribution is -0.123. The molecule has 0 radical (unpaired) electrons. The lowest BCUT2D eigenvalue weighted by atomic mass is 10.1. The summed E-state index contributed by atoms with van der Waals surface area (Å²) in [6, 6.07) is 11.9. The van der Waals surface area contributed by atoms with Crippen molar-refractivity contribution < 1.29 is 17.9 Å². The zero-order valence-electron chi connectivity index (χ0n) is 18.6. The molecule has 30 heavy (non-hydrogen) atoms. The van der Waals surface area contributed by atoms with Gasteiger partial charge < -0.3 is 10.1 Å². The molecule has 1 amide bonds. The van der Waals surface area contributed by atoms with Gasteiger partial charge in [-0.05, 0) is 69.0 Å². The zero-order chi connectivity index (χ0) is 22.5. The molecule has 0 heterocycles. The van der Waals surface area contributed by atoms with E-state index in [0.717, 1.165) is 28.7 Å². The van der Waals surface area contributed by atoms with Crippen LogP contribution < -0.4 is 14.4 Å². The molecule has 7 heteroatoms. The van der Waals surface area contributed by atoms with Crippen LogP contribution in [0.5, 0.6) is 5.75 Å². The molecule has 0 aliphatic carbocycles. The second-order valence-corrected chi connectivity index (χ2v) is 9.60. The third-order valence-corrected chi connectivity index (χ3v) is 6.23. The van der Waals surface area contributed by atoms with Crippen LogP contribution in [0.4, 0.5) is 5.69 Å². The van der Waals surface area contributed by atoms with E-state index in [1.807, 2.05) is 58.0 Å². The van der Waals surface area contributed by atoms with Crippen molar-refractivity contribution in [1.29, 1.82) is 0 Å². The number of aryl methyl sites for hydroxylation is 3. The van der Waals surface area contributed by atoms with E-state index in [4.69, 9.17) is 4.74 Å². The Hall–Kier alpha value is -2.54. The average molecular weight is 433 g/mol. The van der Waals surface area contributed by atoms with Crippen LogP contribution >= 0.6 is 0 Å². The third-order valence-electron chi connectivity index (χ3n) is 5.05. The molecule has 164 valence electrons. The predicted octanol–water partition coefficient (Wildman–Crippen LogP) is 3.74. The van der Waals surface area contributed by atoms with Crippen molar-refractivity contribution in [2.24, 2.45) is 0 Å². The molecule has 2 rings (SSSR count). The first kappa shape index (κ1) is 23.7. The van der Waals surface area contributed by atoms with Crippen molar-refractivity contribution in [3.05, 3.63) is 59.2 Å². The van der Waals surface area contributed by atoms with E-state index >= 15 is 0 Å². The number of anilines is 1. The zero-order valence-corrected chi connectivity index (χ0v) is 19.4. The van der Waals surface area contributed by atoms with Crippen molar-refractivity contribution in [3.8, 4) is 5.75 Å². The number of hydrogen-bond donors (Lipinski definition) is 1. The van der Waals surface area contributed by atoms with Gasteiger partial charge in [-0.1, -0.05) is 31.2 Å². The number of amides is 1. The quantitative estimate of drug-likeness (QED) is 0.655. The minimum Gasteiger partial charge on any atom is -0.491 e. The topological polar surface area (TPSA) is 75.7 Å². The van der Waals surface area contributed by atoms with E-state index in [2.05, 4.69) is 5.32 Å². The van der Waals surface area contributed by atoms with Gasteiger partial charge in [0.25, 0.3) is 0 Å². The number of sulfonamides is 1. The van der Waals surface area contributed by atoms with E-state index in [0.29, 0.717) is 12.1 Å². The molecule has 0 aliphatic rings. The minimum atomic E-state index is -3.66. The van der Waals surface area contributed by atoms with Crippen LogP contribution in [-0.4, -0.2) is 39.3 Å². The van der Waals surface area contributed by atoms with Gasteiger partial charge in [-0.15, -0.1) is 0 Å². The molecule has 0 aliphatic heterocycles. The Kier molecular flexibility index (Phi) is 7.89. The summed E-state index contributed by atoms with van der Waals surface area (Å²) >= 11 is 0. The predicted molar refractivity (Wildman–Crippen MR) is 122 cm³/mol. The third kappa shape index (κ3) is 5.98. The van der Waals surface area contributed by atoms with Gasteiger partial charge in [0.2, 0.25) is 15.9 Å². The molecular formula is C23H32N2O4S. The first-order chi connectivity index (χ1) is 14.0. The summed E-state index contributed by atoms with van der Waals surface area (Å²) in [6.07, 6.45) is 1.47. The van der Waals surface area contributed by atoms with Crippen LogP contribution in [-0.2, 0) is 14.8 Å². The Morgan fingerprint density at radius 3 is 2.30 bits per heavy atom. The van der Waals surface area contributed by atoms with E-state index in [-0.39, 0.29) is 18.6 Å². The Morgan fingerprint density at radius 2 is 1.73 bits per heavy atom. The van der Waals surface area contributed by atoms with Gasteiger partial charge in [0, 0.05) is 0 Å². The molecule has 6 nitrogen and oxygen atoms in total. The minimum absolute atomic E-state index is 0.285. The molecule has 0 fully saturated rings. The fraction of sp³-hybridized carbons (Fsp3) is 0.435. The highest BCUT2D eigenvalue weighted by Crippen LogP contribution is 2.25. The van der Waals surface area contributed by atoms with Gasteiger partial charge in [-0.3, -0.25) is 9.10 Å². The van der Waals surface area contributed by atoms with Gasteiger partial charge in [0.15, 0.2) is 0 Å². The molecular weight excluding hydrogens is 400 g/mol. The summed E-state index contributed by atoms with van der Waals surface area (Å²) in [5.41, 5.74) is 3.54. The van der Waals surface area contributed by atoms with Gasteiger partial charge >= 0.3 is 0 Å². The van der Waals surface area contributed by atoms with E-state index in [9.17, 15) is 13.2 Å². The fourth-order valence-corrected chi connectivity index (χ4v) is 4.44. The number of rotatable bonds is 9. The highest BCUT2D eigenvalue weighted by Gasteiger charge is 2.32. The Bertz CT molecular complexity index is 988. The van der Waals surface area contributed by atoms with Crippen molar-refractivity contribution in [1.82, 2.24) is 5.32 Å². The molecule has 0 saturated carbocycles. The van der Waals surface area contributed by atoms with E-state index in [1.165, 1.54) is 4.31 Å². The fourth-order valence-electron chi connectivity index (χ4n) is 3.24. The van der Waals surface area contributed by atoms with Gasteiger partial charge in [-0.2, -0.15) is 0 Å². The SMILES string of the molecule is CC[C@@H](C(=O)N[C@H](C)COc1ccccc1C)N(c1ccc(C)c(C)c1)S(C)(=O)=O. The van der Waals surface area contributed by atoms with Gasteiger partial charge in [0.1, 0.15) is 18.4 Å². The summed E-state index contributed by atoms with van der Waals surface area (Å²) in [5.74, 6) is 0.417. The molecule has 0 aromatic heterocycles. The van der Waals surface area contributed by atoms with Crippen LogP contribution in [0.15, 0.2) is 42.5 Å². The molecule has 2 atom stereocenters. The first-order valence-corrected chi connectivity index (χ1v) is 11.9. The number of nitrogens with zero attached hydrogens (tertiary/aromatic N) is 1. The largest absolute Gasteiger partial charge is 0.491 e. The Labute approximate surface area is 180 Å². The average Bonchev–Trinajstić information content (AvgIpc) is 2.66. The number of carbonyl (C=O) groups excluding carboxylic acids is 1. The normalized spacial score (nSPS) is 13.4. The maximum absolute atomic E-state index is 13.0. The molecule has 0 bridgehead atoms. The van der Waals surface area contributed by atoms with Crippen LogP contribution in [0.2, 0.25) is 0 Å². The van der Waals surface area contributed by atoms with E-state index < -0.39 is 16.1 Å². The van der Waals surface area contributed by atoms with Crippen molar-refractivity contribution in [2.45, 2.75) is 53.1 Å². The van der Waals surface area contributed by atoms with Crippen LogP contribution in [0.3, 0.4) is 0 Å². The van der Waals surface area contributed by atoms with Crippen LogP contribution in [0, 0.1) is 20.8 Å². The van der Waals surface area contributed by atoms with Gasteiger partial charge in [-0.25, -0.2) is 8.42 Å². The van der Waals surface area contributed by atoms with E-state index in [1.54, 1.807) is 19.1 Å². The molecule has 1 N–H and O–H groups in total. The highest BCUT2D eigenvalue weighted by atomic mass is 32.2. The number of hydrogen-bond acceptors (Lipinski definition) is 4. The second-order valence-electron chi connectivity index (χ2n) is 7.74. The van der Waals surface area contributed by atoms with Crippen molar-refractivity contribution in [2.75, 3.05) is 17.2 Å². The van der Waals surface area contributed by atoms with Crippen molar-refractivity contribution in [3.63, 3.8) is 0 Å². The smallest absolute Gasteiger partial charge is 0.244 e. The summed E-state index contributed by atoms with van der Waals surface area (Å²) < 4.78 is 32.2. The second kappa shape index (κ2) is 9.98. The maximum Gasteiger partial charge on any atom is 0.244 e. The number of nitrogens with one attached hydrogen (secondary N) is 1. The Balaban J connectivity index is 2.17. The molecule has 2 aromatic rings. The number of carbonyl (C=O) groups is 1. The summed E-state index contributed by atoms with van der Waals surface area (Å²) in [4.78, 5) is 13.0. The summed E-state index contributed by atoms with van der Waals surface area (Å²) in [5, 5.41) is 2.90. The Morgan fingerprint density at radius 1 is 1.07 bits per heavy atom. The first-order valence-electron chi connectivity index (χ1n) is 10.1. The van der Waals surface area contributed by atoms with Gasteiger partial charge in [0.05, 0.1) is 18.0 Å². The highest BCUT2D eigenvalue weighted by molar-refractivity contribution is 7.92. The monoisotopic (exact) mass is 432 g/mol. The summed E-state index contributed by atoms with van der Waals surface area (Å²) in [7, 11) is -3.66. The maximum atomic E-state index is 13.0. The molecule has 2 aromatic carbocycles. The van der Waals surface area contributed by atoms with Crippen LogP contribution in [0.25, 0.3) is 0 Å². The lowest BCUT2D eigenvalue weighted by Crippen LogP contribution is -2.52. The standard InChI is InChI=1S/C23H32N2O4S/c1-7-21(25(30(6,27)28)20-13-12-16(2)18(4)14-20)23(26)24-19(5)15-29-22-11-9-8-10-17(22)3/h8-14,19,21H,7,15H2,1-6H3,(H,24,26)/t19-,21+/m1/s1. The molecule has 0 saturated heterocycles. The molecule has 0 unspecified atom stereocenters. The number of ether oxygens (including phenoxy) is 1. The van der Waals surface area contributed by atoms with Crippen molar-refractivity contribution >= 4 is 21.6 Å².